The lowest BCUT2D eigenvalue weighted by molar-refractivity contribution is 0.0696. The van der Waals surface area contributed by atoms with Crippen molar-refractivity contribution >= 4 is 17.3 Å². The van der Waals surface area contributed by atoms with Gasteiger partial charge in [-0.15, -0.1) is 11.3 Å². The van der Waals surface area contributed by atoms with Crippen molar-refractivity contribution in [2.75, 3.05) is 6.54 Å². The maximum Gasteiger partial charge on any atom is 0.365 e. The second-order valence-corrected chi connectivity index (χ2v) is 5.38. The molecule has 2 heterocycles. The molecule has 0 atom stereocenters. The fraction of sp³-hybridized carbons (Fsp3) is 0.357. The number of pyridine rings is 1. The number of rotatable bonds is 6. The van der Waals surface area contributed by atoms with Crippen LogP contribution in [0.3, 0.4) is 0 Å². The molecule has 1 N–H and O–H groups in total. The number of thiazole rings is 1. The highest BCUT2D eigenvalue weighted by Crippen LogP contribution is 2.13. The first-order chi connectivity index (χ1) is 9.58. The van der Waals surface area contributed by atoms with Gasteiger partial charge in [-0.1, -0.05) is 13.0 Å². The Labute approximate surface area is 121 Å². The Balaban J connectivity index is 2.03. The number of carboxylic acids is 1. The van der Waals surface area contributed by atoms with E-state index < -0.39 is 5.97 Å². The van der Waals surface area contributed by atoms with Crippen molar-refractivity contribution in [1.29, 1.82) is 0 Å². The maximum atomic E-state index is 10.8. The van der Waals surface area contributed by atoms with Crippen LogP contribution in [0.2, 0.25) is 0 Å². The third-order valence-electron chi connectivity index (χ3n) is 2.90. The van der Waals surface area contributed by atoms with Crippen molar-refractivity contribution in [3.8, 4) is 0 Å². The first-order valence-electron chi connectivity index (χ1n) is 6.41. The van der Waals surface area contributed by atoms with E-state index in [2.05, 4.69) is 21.8 Å². The molecule has 6 heteroatoms. The van der Waals surface area contributed by atoms with Crippen LogP contribution in [0, 0.1) is 6.92 Å². The van der Waals surface area contributed by atoms with Gasteiger partial charge in [0.1, 0.15) is 0 Å². The zero-order valence-electron chi connectivity index (χ0n) is 11.5. The Kier molecular flexibility index (Phi) is 4.81. The largest absolute Gasteiger partial charge is 0.476 e. The summed E-state index contributed by atoms with van der Waals surface area (Å²) in [5.74, 6) is -0.968. The molecule has 0 unspecified atom stereocenters. The van der Waals surface area contributed by atoms with Crippen LogP contribution in [-0.4, -0.2) is 32.5 Å². The van der Waals surface area contributed by atoms with E-state index in [0.717, 1.165) is 30.2 Å². The fourth-order valence-electron chi connectivity index (χ4n) is 1.90. The molecule has 0 aromatic carbocycles. The summed E-state index contributed by atoms with van der Waals surface area (Å²) in [6, 6.07) is 5.97. The van der Waals surface area contributed by atoms with Crippen molar-refractivity contribution in [3.63, 3.8) is 0 Å². The molecule has 0 saturated heterocycles. The molecule has 0 saturated carbocycles. The van der Waals surface area contributed by atoms with Gasteiger partial charge < -0.3 is 5.11 Å². The van der Waals surface area contributed by atoms with Gasteiger partial charge in [0.05, 0.1) is 11.4 Å². The summed E-state index contributed by atoms with van der Waals surface area (Å²) in [4.78, 5) is 21.6. The van der Waals surface area contributed by atoms with Gasteiger partial charge in [-0.3, -0.25) is 9.88 Å². The lowest BCUT2D eigenvalue weighted by atomic mass is 10.3. The minimum Gasteiger partial charge on any atom is -0.476 e. The zero-order valence-corrected chi connectivity index (χ0v) is 12.4. The Morgan fingerprint density at radius 1 is 1.30 bits per heavy atom. The second-order valence-electron chi connectivity index (χ2n) is 4.52. The topological polar surface area (TPSA) is 66.3 Å². The SMILES string of the molecule is CCN(Cc1cccc(C)n1)Cc1csc(C(=O)O)n1. The highest BCUT2D eigenvalue weighted by atomic mass is 32.1. The third kappa shape index (κ3) is 3.85. The smallest absolute Gasteiger partial charge is 0.365 e. The fourth-order valence-corrected chi connectivity index (χ4v) is 2.55. The Hall–Kier alpha value is -1.79. The van der Waals surface area contributed by atoms with E-state index in [9.17, 15) is 4.79 Å². The van der Waals surface area contributed by atoms with Gasteiger partial charge in [0.25, 0.3) is 0 Å². The molecule has 20 heavy (non-hydrogen) atoms. The van der Waals surface area contributed by atoms with Crippen molar-refractivity contribution < 1.29 is 9.90 Å². The van der Waals surface area contributed by atoms with Gasteiger partial charge in [-0.25, -0.2) is 9.78 Å². The van der Waals surface area contributed by atoms with E-state index in [1.54, 1.807) is 5.38 Å². The molecular weight excluding hydrogens is 274 g/mol. The molecule has 0 amide bonds. The number of carboxylic acid groups (broad SMARTS) is 1. The van der Waals surface area contributed by atoms with Crippen LogP contribution in [0.15, 0.2) is 23.6 Å². The lowest BCUT2D eigenvalue weighted by Crippen LogP contribution is -2.23. The van der Waals surface area contributed by atoms with Crippen LogP contribution in [-0.2, 0) is 13.1 Å². The first-order valence-corrected chi connectivity index (χ1v) is 7.29. The molecule has 0 aliphatic heterocycles. The summed E-state index contributed by atoms with van der Waals surface area (Å²) in [6.45, 7) is 6.27. The van der Waals surface area contributed by atoms with E-state index in [0.29, 0.717) is 6.54 Å². The minimum absolute atomic E-state index is 0.143. The molecule has 5 nitrogen and oxygen atoms in total. The van der Waals surface area contributed by atoms with Crippen LogP contribution in [0.5, 0.6) is 0 Å². The van der Waals surface area contributed by atoms with E-state index >= 15 is 0 Å². The van der Waals surface area contributed by atoms with Crippen LogP contribution >= 0.6 is 11.3 Å². The van der Waals surface area contributed by atoms with Gasteiger partial charge in [0, 0.05) is 24.2 Å². The van der Waals surface area contributed by atoms with E-state index in [-0.39, 0.29) is 5.01 Å². The minimum atomic E-state index is -0.968. The molecule has 0 radical (unpaired) electrons. The second kappa shape index (κ2) is 6.58. The molecular formula is C14H17N3O2S. The van der Waals surface area contributed by atoms with E-state index in [1.807, 2.05) is 25.1 Å². The number of hydrogen-bond donors (Lipinski definition) is 1. The van der Waals surface area contributed by atoms with Crippen molar-refractivity contribution in [2.24, 2.45) is 0 Å². The molecule has 0 fully saturated rings. The zero-order chi connectivity index (χ0) is 14.5. The average molecular weight is 291 g/mol. The van der Waals surface area contributed by atoms with Crippen molar-refractivity contribution in [1.82, 2.24) is 14.9 Å². The molecule has 0 aliphatic rings. The average Bonchev–Trinajstić information content (AvgIpc) is 2.87. The molecule has 106 valence electrons. The molecule has 2 aromatic rings. The number of carbonyl (C=O) groups is 1. The predicted molar refractivity (Wildman–Crippen MR) is 77.8 cm³/mol. The van der Waals surface area contributed by atoms with Crippen LogP contribution in [0.4, 0.5) is 0 Å². The molecule has 2 aromatic heterocycles. The van der Waals surface area contributed by atoms with E-state index in [1.165, 1.54) is 11.3 Å². The standard InChI is InChI=1S/C14H17N3O2S/c1-3-17(7-11-6-4-5-10(2)15-11)8-12-9-20-13(16-12)14(18)19/h4-6,9H,3,7-8H2,1-2H3,(H,18,19). The normalized spacial score (nSPS) is 10.9. The molecule has 0 aliphatic carbocycles. The first kappa shape index (κ1) is 14.6. The Morgan fingerprint density at radius 3 is 2.65 bits per heavy atom. The van der Waals surface area contributed by atoms with Gasteiger partial charge in [-0.2, -0.15) is 0 Å². The van der Waals surface area contributed by atoms with Gasteiger partial charge in [0.15, 0.2) is 0 Å². The van der Waals surface area contributed by atoms with Crippen molar-refractivity contribution in [3.05, 3.63) is 45.7 Å². The Morgan fingerprint density at radius 2 is 2.05 bits per heavy atom. The summed E-state index contributed by atoms with van der Waals surface area (Å²) in [7, 11) is 0. The number of hydrogen-bond acceptors (Lipinski definition) is 5. The summed E-state index contributed by atoms with van der Waals surface area (Å²) < 4.78 is 0. The van der Waals surface area contributed by atoms with Crippen LogP contribution in [0.25, 0.3) is 0 Å². The monoisotopic (exact) mass is 291 g/mol. The summed E-state index contributed by atoms with van der Waals surface area (Å²) >= 11 is 1.17. The predicted octanol–water partition coefficient (Wildman–Crippen LogP) is 2.57. The van der Waals surface area contributed by atoms with E-state index in [4.69, 9.17) is 5.11 Å². The number of aryl methyl sites for hydroxylation is 1. The number of aromatic carboxylic acids is 1. The van der Waals surface area contributed by atoms with Gasteiger partial charge in [-0.05, 0) is 25.6 Å². The highest BCUT2D eigenvalue weighted by Gasteiger charge is 2.12. The maximum absolute atomic E-state index is 10.8. The van der Waals surface area contributed by atoms with Crippen molar-refractivity contribution in [2.45, 2.75) is 26.9 Å². The molecule has 2 rings (SSSR count). The van der Waals surface area contributed by atoms with Gasteiger partial charge >= 0.3 is 5.97 Å². The van der Waals surface area contributed by atoms with Crippen LogP contribution < -0.4 is 0 Å². The number of aromatic nitrogens is 2. The molecule has 0 spiro atoms. The van der Waals surface area contributed by atoms with Gasteiger partial charge in [0.2, 0.25) is 5.01 Å². The summed E-state index contributed by atoms with van der Waals surface area (Å²) in [5, 5.41) is 10.8. The summed E-state index contributed by atoms with van der Waals surface area (Å²) in [5.41, 5.74) is 2.81. The highest BCUT2D eigenvalue weighted by molar-refractivity contribution is 7.11. The lowest BCUT2D eigenvalue weighted by Gasteiger charge is -2.18. The summed E-state index contributed by atoms with van der Waals surface area (Å²) in [6.07, 6.45) is 0. The van der Waals surface area contributed by atoms with Crippen LogP contribution in [0.1, 0.15) is 33.8 Å². The quantitative estimate of drug-likeness (QED) is 0.886. The number of nitrogens with zero attached hydrogens (tertiary/aromatic N) is 3. The Bertz CT molecular complexity index is 598. The third-order valence-corrected chi connectivity index (χ3v) is 3.78. The molecule has 0 bridgehead atoms.